The fourth-order valence-corrected chi connectivity index (χ4v) is 4.99. The van der Waals surface area contributed by atoms with Gasteiger partial charge in [0, 0.05) is 23.0 Å². The van der Waals surface area contributed by atoms with Gasteiger partial charge in [-0.25, -0.2) is 15.0 Å². The highest BCUT2D eigenvalue weighted by molar-refractivity contribution is 7.99. The second-order valence-electron chi connectivity index (χ2n) is 8.19. The van der Waals surface area contributed by atoms with E-state index in [-0.39, 0.29) is 6.79 Å². The molecule has 0 atom stereocenters. The van der Waals surface area contributed by atoms with Crippen molar-refractivity contribution >= 4 is 28.7 Å². The van der Waals surface area contributed by atoms with Crippen LogP contribution in [-0.2, 0) is 6.54 Å². The van der Waals surface area contributed by atoms with Crippen molar-refractivity contribution in [3.63, 3.8) is 0 Å². The zero-order chi connectivity index (χ0) is 22.2. The molecular weight excluding hydrogens is 440 g/mol. The molecule has 170 valence electrons. The molecule has 1 fully saturated rings. The Morgan fingerprint density at radius 1 is 1.15 bits per heavy atom. The molecular formula is C23H24N6O3S. The van der Waals surface area contributed by atoms with E-state index in [1.165, 1.54) is 30.9 Å². The molecule has 0 saturated heterocycles. The van der Waals surface area contributed by atoms with Crippen molar-refractivity contribution in [3.8, 4) is 22.8 Å². The molecule has 2 aliphatic rings. The Bertz CT molecular complexity index is 1290. The van der Waals surface area contributed by atoms with Crippen molar-refractivity contribution in [2.24, 2.45) is 0 Å². The molecule has 0 bridgehead atoms. The number of nitrogens with one attached hydrogen (secondary N) is 1. The molecule has 10 heteroatoms. The quantitative estimate of drug-likeness (QED) is 0.354. The van der Waals surface area contributed by atoms with Gasteiger partial charge in [0.1, 0.15) is 12.1 Å². The third-order valence-corrected chi connectivity index (χ3v) is 6.86. The lowest BCUT2D eigenvalue weighted by Crippen LogP contribution is -2.17. The van der Waals surface area contributed by atoms with Gasteiger partial charge >= 0.3 is 0 Å². The molecule has 1 saturated carbocycles. The number of fused-ring (bicyclic) bond motifs is 2. The number of hydrogen-bond donors (Lipinski definition) is 2. The van der Waals surface area contributed by atoms with E-state index in [9.17, 15) is 0 Å². The summed E-state index contributed by atoms with van der Waals surface area (Å²) in [5.41, 5.74) is 8.42. The highest BCUT2D eigenvalue weighted by Gasteiger charge is 2.23. The molecule has 0 radical (unpaired) electrons. The first-order valence-electron chi connectivity index (χ1n) is 11.1. The number of aromatic nitrogens is 4. The summed E-state index contributed by atoms with van der Waals surface area (Å²) in [5.74, 6) is 2.55. The number of aryl methyl sites for hydroxylation is 1. The highest BCUT2D eigenvalue weighted by Crippen LogP contribution is 2.45. The SMILES string of the molecule is Nc1ncnc2c1nc(Sc1cc3c(cc1-c1ccco1)OCO3)n2CCCCNC1CC1. The number of ether oxygens (including phenoxy) is 2. The van der Waals surface area contributed by atoms with Crippen LogP contribution in [0.1, 0.15) is 25.7 Å². The number of hydrogen-bond acceptors (Lipinski definition) is 9. The van der Waals surface area contributed by atoms with Gasteiger partial charge in [0.25, 0.3) is 0 Å². The summed E-state index contributed by atoms with van der Waals surface area (Å²) in [6.07, 6.45) is 7.86. The van der Waals surface area contributed by atoms with Crippen molar-refractivity contribution in [2.75, 3.05) is 19.1 Å². The smallest absolute Gasteiger partial charge is 0.231 e. The lowest BCUT2D eigenvalue weighted by Gasteiger charge is -2.11. The largest absolute Gasteiger partial charge is 0.464 e. The van der Waals surface area contributed by atoms with E-state index in [0.29, 0.717) is 22.8 Å². The normalized spacial score (nSPS) is 14.9. The summed E-state index contributed by atoms with van der Waals surface area (Å²) < 4.78 is 19.0. The number of unbranched alkanes of at least 4 members (excludes halogenated alkanes) is 1. The predicted octanol–water partition coefficient (Wildman–Crippen LogP) is 4.08. The van der Waals surface area contributed by atoms with Gasteiger partial charge in [-0.3, -0.25) is 0 Å². The Labute approximate surface area is 194 Å². The van der Waals surface area contributed by atoms with Crippen LogP contribution >= 0.6 is 11.8 Å². The topological polar surface area (TPSA) is 113 Å². The number of nitrogens with zero attached hydrogens (tertiary/aromatic N) is 4. The Morgan fingerprint density at radius 2 is 2.03 bits per heavy atom. The Hall–Kier alpha value is -3.24. The zero-order valence-electron chi connectivity index (χ0n) is 18.0. The van der Waals surface area contributed by atoms with Crippen LogP contribution in [-0.4, -0.2) is 38.9 Å². The molecule has 33 heavy (non-hydrogen) atoms. The van der Waals surface area contributed by atoms with Gasteiger partial charge in [0.15, 0.2) is 33.6 Å². The highest BCUT2D eigenvalue weighted by atomic mass is 32.2. The first-order valence-corrected chi connectivity index (χ1v) is 11.9. The maximum Gasteiger partial charge on any atom is 0.231 e. The molecule has 4 aromatic rings. The van der Waals surface area contributed by atoms with E-state index in [1.54, 1.807) is 6.26 Å². The number of anilines is 1. The molecule has 3 N–H and O–H groups in total. The summed E-state index contributed by atoms with van der Waals surface area (Å²) in [7, 11) is 0. The monoisotopic (exact) mass is 464 g/mol. The van der Waals surface area contributed by atoms with Gasteiger partial charge in [-0.15, -0.1) is 0 Å². The first-order chi connectivity index (χ1) is 16.3. The van der Waals surface area contributed by atoms with Crippen molar-refractivity contribution in [2.45, 2.75) is 48.3 Å². The summed E-state index contributed by atoms with van der Waals surface area (Å²) in [5, 5.41) is 4.38. The van der Waals surface area contributed by atoms with Crippen LogP contribution in [0.5, 0.6) is 11.5 Å². The molecule has 0 amide bonds. The van der Waals surface area contributed by atoms with E-state index in [0.717, 1.165) is 59.0 Å². The molecule has 1 aromatic carbocycles. The Balaban J connectivity index is 1.33. The van der Waals surface area contributed by atoms with Crippen LogP contribution in [0.3, 0.4) is 0 Å². The summed E-state index contributed by atoms with van der Waals surface area (Å²) in [6.45, 7) is 2.03. The molecule has 1 aliphatic carbocycles. The second-order valence-corrected chi connectivity index (χ2v) is 9.20. The second kappa shape index (κ2) is 8.60. The third kappa shape index (κ3) is 4.11. The maximum absolute atomic E-state index is 6.13. The van der Waals surface area contributed by atoms with Gasteiger partial charge in [0.2, 0.25) is 6.79 Å². The lowest BCUT2D eigenvalue weighted by molar-refractivity contribution is 0.174. The molecule has 1 aliphatic heterocycles. The van der Waals surface area contributed by atoms with Crippen LogP contribution in [0.25, 0.3) is 22.5 Å². The molecule has 9 nitrogen and oxygen atoms in total. The summed E-state index contributed by atoms with van der Waals surface area (Å²) in [4.78, 5) is 14.4. The van der Waals surface area contributed by atoms with Crippen LogP contribution in [0.15, 0.2) is 51.3 Å². The molecule has 6 rings (SSSR count). The average molecular weight is 465 g/mol. The summed E-state index contributed by atoms with van der Waals surface area (Å²) in [6, 6.07) is 8.46. The van der Waals surface area contributed by atoms with E-state index < -0.39 is 0 Å². The number of imidazole rings is 1. The van der Waals surface area contributed by atoms with Crippen molar-refractivity contribution in [1.29, 1.82) is 0 Å². The van der Waals surface area contributed by atoms with E-state index in [1.807, 2.05) is 24.3 Å². The third-order valence-electron chi connectivity index (χ3n) is 5.81. The number of nitrogens with two attached hydrogens (primary N) is 1. The van der Waals surface area contributed by atoms with Gasteiger partial charge in [-0.05, 0) is 56.5 Å². The number of benzene rings is 1. The van der Waals surface area contributed by atoms with Gasteiger partial charge in [-0.2, -0.15) is 0 Å². The summed E-state index contributed by atoms with van der Waals surface area (Å²) >= 11 is 1.54. The Morgan fingerprint density at radius 3 is 2.85 bits per heavy atom. The molecule has 0 unspecified atom stereocenters. The van der Waals surface area contributed by atoms with Crippen LogP contribution in [0, 0.1) is 0 Å². The van der Waals surface area contributed by atoms with Crippen molar-refractivity contribution in [3.05, 3.63) is 36.9 Å². The van der Waals surface area contributed by atoms with Crippen LogP contribution in [0.2, 0.25) is 0 Å². The standard InChI is InChI=1S/C23H24N6O3S/c24-21-20-22(27-12-26-21)29(8-2-1-7-25-14-5-6-14)23(28-20)33-19-11-18-17(31-13-32-18)10-15(19)16-4-3-9-30-16/h3-4,9-12,14,25H,1-2,5-8,13H2,(H2,24,26,27). The van der Waals surface area contributed by atoms with Gasteiger partial charge in [-0.1, -0.05) is 11.8 Å². The minimum absolute atomic E-state index is 0.209. The molecule has 4 heterocycles. The molecule has 3 aromatic heterocycles. The van der Waals surface area contributed by atoms with Gasteiger partial charge < -0.3 is 29.5 Å². The van der Waals surface area contributed by atoms with Crippen LogP contribution < -0.4 is 20.5 Å². The number of furan rings is 1. The maximum atomic E-state index is 6.13. The predicted molar refractivity (Wildman–Crippen MR) is 124 cm³/mol. The Kier molecular flexibility index (Phi) is 5.31. The lowest BCUT2D eigenvalue weighted by atomic mass is 10.1. The fourth-order valence-electron chi connectivity index (χ4n) is 3.93. The number of nitrogen functional groups attached to an aromatic ring is 1. The minimum Gasteiger partial charge on any atom is -0.464 e. The van der Waals surface area contributed by atoms with E-state index in [4.69, 9.17) is 24.6 Å². The average Bonchev–Trinajstić information content (AvgIpc) is 3.18. The molecule has 0 spiro atoms. The van der Waals surface area contributed by atoms with E-state index in [2.05, 4.69) is 19.9 Å². The fraction of sp³-hybridized carbons (Fsp3) is 0.348. The van der Waals surface area contributed by atoms with Crippen LogP contribution in [0.4, 0.5) is 5.82 Å². The first kappa shape index (κ1) is 20.4. The van der Waals surface area contributed by atoms with Crippen molar-refractivity contribution < 1.29 is 13.9 Å². The zero-order valence-corrected chi connectivity index (χ0v) is 18.8. The van der Waals surface area contributed by atoms with E-state index >= 15 is 0 Å². The number of rotatable bonds is 9. The van der Waals surface area contributed by atoms with Crippen molar-refractivity contribution in [1.82, 2.24) is 24.8 Å². The minimum atomic E-state index is 0.209. The van der Waals surface area contributed by atoms with Gasteiger partial charge in [0.05, 0.1) is 6.26 Å².